The number of aryl methyl sites for hydroxylation is 1. The number of hydrogen-bond donors (Lipinski definition) is 0. The van der Waals surface area contributed by atoms with E-state index in [0.717, 1.165) is 40.0 Å². The number of para-hydroxylation sites is 2. The van der Waals surface area contributed by atoms with Gasteiger partial charge in [0.15, 0.2) is 5.82 Å². The molecule has 0 atom stereocenters. The zero-order valence-corrected chi connectivity index (χ0v) is 30.0. The van der Waals surface area contributed by atoms with Crippen LogP contribution in [0.2, 0.25) is 0 Å². The van der Waals surface area contributed by atoms with Crippen molar-refractivity contribution in [1.29, 1.82) is 0 Å². The van der Waals surface area contributed by atoms with E-state index in [2.05, 4.69) is 104 Å². The average molecular weight is 796 g/mol. The second-order valence-electron chi connectivity index (χ2n) is 12.1. The zero-order chi connectivity index (χ0) is 32.2. The first-order valence-corrected chi connectivity index (χ1v) is 15.7. The Morgan fingerprint density at radius 3 is 2.09 bits per heavy atom. The molecule has 7 heteroatoms. The molecule has 7 rings (SSSR count). The summed E-state index contributed by atoms with van der Waals surface area (Å²) in [7, 11) is 2.00. The first-order valence-electron chi connectivity index (χ1n) is 15.7. The van der Waals surface area contributed by atoms with Crippen LogP contribution in [0.25, 0.3) is 28.5 Å². The number of aromatic nitrogens is 4. The first-order chi connectivity index (χ1) is 22.3. The second-order valence-corrected chi connectivity index (χ2v) is 12.1. The fourth-order valence-electron chi connectivity index (χ4n) is 5.75. The molecule has 0 N–H and O–H groups in total. The summed E-state index contributed by atoms with van der Waals surface area (Å²) in [5.74, 6) is 3.48. The van der Waals surface area contributed by atoms with Crippen LogP contribution >= 0.6 is 0 Å². The Bertz CT molecular complexity index is 1890. The minimum Gasteiger partial charge on any atom is -0.501 e. The van der Waals surface area contributed by atoms with Gasteiger partial charge in [-0.05, 0) is 42.5 Å². The van der Waals surface area contributed by atoms with Gasteiger partial charge >= 0.3 is 20.1 Å². The van der Waals surface area contributed by atoms with Gasteiger partial charge < -0.3 is 14.4 Å². The third-order valence-electron chi connectivity index (χ3n) is 8.16. The summed E-state index contributed by atoms with van der Waals surface area (Å²) in [4.78, 5) is 18.0. The van der Waals surface area contributed by atoms with Crippen LogP contribution in [0.3, 0.4) is 0 Å². The van der Waals surface area contributed by atoms with Crippen molar-refractivity contribution in [3.8, 4) is 28.5 Å². The van der Waals surface area contributed by atoms with E-state index in [9.17, 15) is 0 Å². The SMILES string of the molecule is CC(C)c1cccc(C(C)C)c1-n1ccnc1-c1[c-]cccc1.Cc1ccccc1-c1ncc2c(n1)N(c1[c-]cccc1)[CH-]N2C.[Ir+3]. The van der Waals surface area contributed by atoms with Gasteiger partial charge in [0.2, 0.25) is 0 Å². The maximum Gasteiger partial charge on any atom is 3.00 e. The summed E-state index contributed by atoms with van der Waals surface area (Å²) in [6.07, 6.45) is 5.81. The van der Waals surface area contributed by atoms with E-state index in [1.54, 1.807) is 0 Å². The molecule has 1 aliphatic heterocycles. The first kappa shape index (κ1) is 33.8. The molecular formula is C40H39IrN6. The number of anilines is 3. The van der Waals surface area contributed by atoms with Crippen molar-refractivity contribution in [3.05, 3.63) is 145 Å². The third kappa shape index (κ3) is 7.07. The minimum atomic E-state index is 0. The van der Waals surface area contributed by atoms with E-state index in [1.165, 1.54) is 22.4 Å². The predicted molar refractivity (Wildman–Crippen MR) is 188 cm³/mol. The van der Waals surface area contributed by atoms with Crippen LogP contribution in [-0.2, 0) is 20.1 Å². The van der Waals surface area contributed by atoms with Crippen molar-refractivity contribution in [1.82, 2.24) is 19.5 Å². The second kappa shape index (κ2) is 14.9. The van der Waals surface area contributed by atoms with E-state index < -0.39 is 0 Å². The quantitative estimate of drug-likeness (QED) is 0.157. The Labute approximate surface area is 292 Å². The van der Waals surface area contributed by atoms with Gasteiger partial charge in [-0.3, -0.25) is 4.98 Å². The standard InChI is InChI=1S/C21H23N2.C19H16N4.Ir/c1-15(2)18-11-8-12-19(16(3)4)20(18)23-14-13-22-21(23)17-9-6-5-7-10-17;1-14-8-6-7-11-16(14)18-20-12-17-19(21-18)23(13-22(17)2)15-9-4-3-5-10-15;/h5-9,11-16H,1-4H3;3-9,11-13H,1-2H3;/q-1;-2;+3. The summed E-state index contributed by atoms with van der Waals surface area (Å²) in [6, 6.07) is 37.2. The van der Waals surface area contributed by atoms with E-state index >= 15 is 0 Å². The Balaban J connectivity index is 0.000000181. The fourth-order valence-corrected chi connectivity index (χ4v) is 5.75. The molecule has 4 aromatic carbocycles. The molecular weight excluding hydrogens is 757 g/mol. The molecule has 0 unspecified atom stereocenters. The number of nitrogens with zero attached hydrogens (tertiary/aromatic N) is 6. The summed E-state index contributed by atoms with van der Waals surface area (Å²) in [5.41, 5.74) is 9.17. The number of imidazole rings is 1. The van der Waals surface area contributed by atoms with Gasteiger partial charge in [0.05, 0.1) is 17.7 Å². The molecule has 0 aliphatic carbocycles. The molecule has 0 saturated carbocycles. The molecule has 6 nitrogen and oxygen atoms in total. The van der Waals surface area contributed by atoms with Crippen LogP contribution in [0.1, 0.15) is 56.2 Å². The average Bonchev–Trinajstić information content (AvgIpc) is 3.70. The number of fused-ring (bicyclic) bond motifs is 1. The monoisotopic (exact) mass is 796 g/mol. The van der Waals surface area contributed by atoms with E-state index in [4.69, 9.17) is 4.98 Å². The Hall–Kier alpha value is -4.58. The molecule has 6 aromatic rings. The van der Waals surface area contributed by atoms with E-state index in [1.807, 2.05) is 90.5 Å². The summed E-state index contributed by atoms with van der Waals surface area (Å²) in [6.45, 7) is 13.1. The fraction of sp³-hybridized carbons (Fsp3) is 0.200. The van der Waals surface area contributed by atoms with Gasteiger partial charge in [-0.2, -0.15) is 37.0 Å². The van der Waals surface area contributed by atoms with Crippen LogP contribution in [-0.4, -0.2) is 26.6 Å². The molecule has 0 spiro atoms. The van der Waals surface area contributed by atoms with Gasteiger partial charge in [-0.25, -0.2) is 9.97 Å². The van der Waals surface area contributed by atoms with Gasteiger partial charge in [0.25, 0.3) is 0 Å². The van der Waals surface area contributed by atoms with Crippen LogP contribution in [0.5, 0.6) is 0 Å². The smallest absolute Gasteiger partial charge is 0.501 e. The van der Waals surface area contributed by atoms with Gasteiger partial charge in [-0.1, -0.05) is 70.2 Å². The van der Waals surface area contributed by atoms with Gasteiger partial charge in [0.1, 0.15) is 5.82 Å². The van der Waals surface area contributed by atoms with Gasteiger partial charge in [0, 0.05) is 23.6 Å². The van der Waals surface area contributed by atoms with E-state index in [0.29, 0.717) is 11.8 Å². The zero-order valence-electron chi connectivity index (χ0n) is 27.6. The molecule has 0 bridgehead atoms. The van der Waals surface area contributed by atoms with Crippen molar-refractivity contribution in [3.63, 3.8) is 0 Å². The van der Waals surface area contributed by atoms with Gasteiger partial charge in [-0.15, -0.1) is 41.6 Å². The molecule has 47 heavy (non-hydrogen) atoms. The number of benzene rings is 4. The summed E-state index contributed by atoms with van der Waals surface area (Å²) in [5, 5.41) is 0. The largest absolute Gasteiger partial charge is 3.00 e. The van der Waals surface area contributed by atoms with Crippen LogP contribution in [0, 0.1) is 25.7 Å². The van der Waals surface area contributed by atoms with Crippen molar-refractivity contribution in [2.24, 2.45) is 0 Å². The molecule has 0 radical (unpaired) electrons. The topological polar surface area (TPSA) is 50.1 Å². The van der Waals surface area contributed by atoms with Crippen molar-refractivity contribution < 1.29 is 20.1 Å². The minimum absolute atomic E-state index is 0. The molecule has 1 aliphatic rings. The number of hydrogen-bond acceptors (Lipinski definition) is 5. The van der Waals surface area contributed by atoms with Crippen molar-refractivity contribution in [2.45, 2.75) is 46.5 Å². The van der Waals surface area contributed by atoms with Crippen LogP contribution in [0.15, 0.2) is 110 Å². The molecule has 2 aromatic heterocycles. The Kier molecular flexibility index (Phi) is 10.7. The number of rotatable bonds is 6. The van der Waals surface area contributed by atoms with Crippen molar-refractivity contribution in [2.75, 3.05) is 16.8 Å². The summed E-state index contributed by atoms with van der Waals surface area (Å²) < 4.78 is 2.22. The van der Waals surface area contributed by atoms with Crippen LogP contribution in [0.4, 0.5) is 17.2 Å². The maximum absolute atomic E-state index is 4.81. The molecule has 3 heterocycles. The Morgan fingerprint density at radius 1 is 0.766 bits per heavy atom. The molecule has 0 saturated heterocycles. The maximum atomic E-state index is 4.81. The summed E-state index contributed by atoms with van der Waals surface area (Å²) >= 11 is 0. The third-order valence-corrected chi connectivity index (χ3v) is 8.16. The molecule has 0 fully saturated rings. The van der Waals surface area contributed by atoms with E-state index in [-0.39, 0.29) is 20.1 Å². The molecule has 0 amide bonds. The Morgan fingerprint density at radius 2 is 1.45 bits per heavy atom. The van der Waals surface area contributed by atoms with Crippen molar-refractivity contribution >= 4 is 17.2 Å². The van der Waals surface area contributed by atoms with Crippen LogP contribution < -0.4 is 9.80 Å². The molecule has 238 valence electrons. The normalized spacial score (nSPS) is 12.1. The predicted octanol–water partition coefficient (Wildman–Crippen LogP) is 9.54.